The Morgan fingerprint density at radius 1 is 1.10 bits per heavy atom. The molecule has 0 radical (unpaired) electrons. The van der Waals surface area contributed by atoms with Gasteiger partial charge in [0, 0.05) is 29.2 Å². The lowest BCUT2D eigenvalue weighted by molar-refractivity contribution is 0.410. The van der Waals surface area contributed by atoms with Crippen LogP contribution in [-0.4, -0.2) is 24.7 Å². The third kappa shape index (κ3) is 3.83. The summed E-state index contributed by atoms with van der Waals surface area (Å²) in [6.07, 6.45) is 6.27. The summed E-state index contributed by atoms with van der Waals surface area (Å²) in [5, 5.41) is 6.04. The highest BCUT2D eigenvalue weighted by Crippen LogP contribution is 2.53. The summed E-state index contributed by atoms with van der Waals surface area (Å²) in [5.41, 5.74) is 4.63. The molecule has 29 heavy (non-hydrogen) atoms. The number of benzene rings is 1. The van der Waals surface area contributed by atoms with Crippen molar-refractivity contribution in [1.29, 1.82) is 0 Å². The van der Waals surface area contributed by atoms with E-state index < -0.39 is 0 Å². The third-order valence-corrected chi connectivity index (χ3v) is 7.15. The van der Waals surface area contributed by atoms with Crippen LogP contribution in [-0.2, 0) is 11.5 Å². The minimum Gasteiger partial charge on any atom is -0.343 e. The Kier molecular flexibility index (Phi) is 5.13. The topological polar surface area (TPSA) is 69.6 Å². The van der Waals surface area contributed by atoms with Crippen LogP contribution in [0.2, 0.25) is 0 Å². The smallest absolute Gasteiger partial charge is 0.213 e. The van der Waals surface area contributed by atoms with Gasteiger partial charge in [-0.2, -0.15) is 4.98 Å². The lowest BCUT2D eigenvalue weighted by Crippen LogP contribution is -1.91. The second-order valence-electron chi connectivity index (χ2n) is 7.11. The van der Waals surface area contributed by atoms with E-state index in [0.717, 1.165) is 38.0 Å². The second-order valence-corrected chi connectivity index (χ2v) is 8.88. The van der Waals surface area contributed by atoms with Crippen molar-refractivity contribution in [1.82, 2.24) is 24.7 Å². The SMILES string of the molecule is Cn1cnc(-c2ccc([C@H]3C[C@@H]3c3ncon3)cc2)c1Sc1ccc(CI)cn1. The van der Waals surface area contributed by atoms with E-state index in [0.29, 0.717) is 11.8 Å². The molecule has 0 amide bonds. The monoisotopic (exact) mass is 515 g/mol. The molecule has 0 aliphatic heterocycles. The molecule has 3 aromatic heterocycles. The zero-order valence-electron chi connectivity index (χ0n) is 15.7. The number of hydrogen-bond acceptors (Lipinski definition) is 6. The van der Waals surface area contributed by atoms with Crippen LogP contribution >= 0.6 is 34.4 Å². The Balaban J connectivity index is 1.36. The highest BCUT2D eigenvalue weighted by atomic mass is 127. The maximum absolute atomic E-state index is 4.87. The molecule has 1 aromatic carbocycles. The van der Waals surface area contributed by atoms with E-state index in [4.69, 9.17) is 4.52 Å². The Morgan fingerprint density at radius 3 is 2.66 bits per heavy atom. The fraction of sp³-hybridized carbons (Fsp3) is 0.238. The number of nitrogens with zero attached hydrogens (tertiary/aromatic N) is 5. The van der Waals surface area contributed by atoms with Crippen LogP contribution in [0.5, 0.6) is 0 Å². The van der Waals surface area contributed by atoms with Gasteiger partial charge in [0.25, 0.3) is 0 Å². The molecule has 8 heteroatoms. The summed E-state index contributed by atoms with van der Waals surface area (Å²) in [6.45, 7) is 0. The number of aryl methyl sites for hydroxylation is 1. The average molecular weight is 515 g/mol. The third-order valence-electron chi connectivity index (χ3n) is 5.15. The van der Waals surface area contributed by atoms with Crippen LogP contribution in [0.15, 0.2) is 69.9 Å². The van der Waals surface area contributed by atoms with E-state index in [2.05, 4.69) is 83.7 Å². The van der Waals surface area contributed by atoms with Crippen molar-refractivity contribution in [2.24, 2.45) is 7.05 Å². The molecule has 1 aliphatic rings. The minimum absolute atomic E-state index is 0.372. The quantitative estimate of drug-likeness (QED) is 0.259. The summed E-state index contributed by atoms with van der Waals surface area (Å²) < 4.78 is 7.89. The van der Waals surface area contributed by atoms with Crippen LogP contribution in [0.25, 0.3) is 11.3 Å². The fourth-order valence-corrected chi connectivity index (χ4v) is 4.82. The molecule has 2 atom stereocenters. The molecular weight excluding hydrogens is 497 g/mol. The standard InChI is InChI=1S/C21H18IN5OS/c1-27-11-24-19(21(27)29-18-7-2-13(9-22)10-23-18)15-5-3-14(4-6-15)16-8-17(16)20-25-12-28-26-20/h2-7,10-12,16-17H,8-9H2,1H3/t16-,17+/m1/s1. The maximum Gasteiger partial charge on any atom is 0.213 e. The van der Waals surface area contributed by atoms with Gasteiger partial charge in [0.05, 0.1) is 6.33 Å². The van der Waals surface area contributed by atoms with Gasteiger partial charge in [-0.1, -0.05) is 58.1 Å². The molecule has 1 fully saturated rings. The van der Waals surface area contributed by atoms with Gasteiger partial charge in [-0.15, -0.1) is 0 Å². The number of imidazole rings is 1. The summed E-state index contributed by atoms with van der Waals surface area (Å²) in [6, 6.07) is 12.9. The maximum atomic E-state index is 4.87. The Labute approximate surface area is 186 Å². The molecule has 4 aromatic rings. The summed E-state index contributed by atoms with van der Waals surface area (Å²) in [7, 11) is 2.02. The van der Waals surface area contributed by atoms with Crippen molar-refractivity contribution in [3.05, 3.63) is 72.3 Å². The Hall–Kier alpha value is -2.20. The van der Waals surface area contributed by atoms with Gasteiger partial charge in [0.1, 0.15) is 15.7 Å². The van der Waals surface area contributed by atoms with Crippen molar-refractivity contribution in [3.63, 3.8) is 0 Å². The first-order chi connectivity index (χ1) is 14.2. The molecule has 5 rings (SSSR count). The fourth-order valence-electron chi connectivity index (χ4n) is 3.47. The zero-order chi connectivity index (χ0) is 19.8. The van der Waals surface area contributed by atoms with Crippen LogP contribution in [0.1, 0.15) is 35.2 Å². The van der Waals surface area contributed by atoms with Crippen molar-refractivity contribution in [2.45, 2.75) is 32.7 Å². The Morgan fingerprint density at radius 2 is 1.97 bits per heavy atom. The molecule has 6 nitrogen and oxygen atoms in total. The molecule has 0 bridgehead atoms. The first-order valence-electron chi connectivity index (χ1n) is 9.29. The number of hydrogen-bond donors (Lipinski definition) is 0. The first kappa shape index (κ1) is 18.8. The van der Waals surface area contributed by atoms with Crippen molar-refractivity contribution in [2.75, 3.05) is 0 Å². The summed E-state index contributed by atoms with van der Waals surface area (Å²) in [4.78, 5) is 13.4. The molecule has 3 heterocycles. The van der Waals surface area contributed by atoms with Gasteiger partial charge in [-0.05, 0) is 41.3 Å². The zero-order valence-corrected chi connectivity index (χ0v) is 18.7. The van der Waals surface area contributed by atoms with Crippen LogP contribution in [0, 0.1) is 0 Å². The highest BCUT2D eigenvalue weighted by molar-refractivity contribution is 14.1. The van der Waals surface area contributed by atoms with E-state index in [-0.39, 0.29) is 0 Å². The van der Waals surface area contributed by atoms with Crippen LogP contribution < -0.4 is 0 Å². The minimum atomic E-state index is 0.372. The molecule has 1 aliphatic carbocycles. The summed E-state index contributed by atoms with van der Waals surface area (Å²) >= 11 is 3.99. The van der Waals surface area contributed by atoms with Crippen molar-refractivity contribution < 1.29 is 4.52 Å². The molecule has 0 saturated heterocycles. The lowest BCUT2D eigenvalue weighted by atomic mass is 10.1. The molecule has 0 N–H and O–H groups in total. The van der Waals surface area contributed by atoms with E-state index in [9.17, 15) is 0 Å². The van der Waals surface area contributed by atoms with Crippen molar-refractivity contribution >= 4 is 34.4 Å². The van der Waals surface area contributed by atoms with Crippen LogP contribution in [0.4, 0.5) is 0 Å². The van der Waals surface area contributed by atoms with Gasteiger partial charge in [-0.3, -0.25) is 0 Å². The van der Waals surface area contributed by atoms with E-state index in [1.54, 1.807) is 11.8 Å². The number of rotatable bonds is 6. The predicted octanol–water partition coefficient (Wildman–Crippen LogP) is 5.22. The largest absolute Gasteiger partial charge is 0.343 e. The van der Waals surface area contributed by atoms with E-state index in [1.165, 1.54) is 17.5 Å². The van der Waals surface area contributed by atoms with Gasteiger partial charge in [0.15, 0.2) is 5.82 Å². The normalized spacial score (nSPS) is 18.1. The second kappa shape index (κ2) is 7.91. The highest BCUT2D eigenvalue weighted by Gasteiger charge is 2.42. The van der Waals surface area contributed by atoms with Gasteiger partial charge < -0.3 is 9.09 Å². The lowest BCUT2D eigenvalue weighted by Gasteiger charge is -2.07. The number of pyridine rings is 1. The molecular formula is C21H18IN5OS. The van der Waals surface area contributed by atoms with Gasteiger partial charge in [0.2, 0.25) is 6.39 Å². The number of aromatic nitrogens is 5. The Bertz CT molecular complexity index is 1110. The average Bonchev–Trinajstić information content (AvgIpc) is 3.20. The van der Waals surface area contributed by atoms with Gasteiger partial charge >= 0.3 is 0 Å². The van der Waals surface area contributed by atoms with Crippen LogP contribution in [0.3, 0.4) is 0 Å². The number of halogens is 1. The predicted molar refractivity (Wildman–Crippen MR) is 119 cm³/mol. The number of alkyl halides is 1. The molecule has 1 saturated carbocycles. The molecule has 146 valence electrons. The molecule has 0 unspecified atom stereocenters. The van der Waals surface area contributed by atoms with E-state index in [1.807, 2.05) is 19.6 Å². The van der Waals surface area contributed by atoms with Gasteiger partial charge in [-0.25, -0.2) is 9.97 Å². The summed E-state index contributed by atoms with van der Waals surface area (Å²) in [5.74, 6) is 1.65. The van der Waals surface area contributed by atoms with Crippen molar-refractivity contribution in [3.8, 4) is 11.3 Å². The first-order valence-corrected chi connectivity index (χ1v) is 11.6. The van der Waals surface area contributed by atoms with E-state index >= 15 is 0 Å². The molecule has 0 spiro atoms.